The number of aromatic nitrogens is 4. The monoisotopic (exact) mass is 392 g/mol. The molecular formula is C21H24N6O2. The van der Waals surface area contributed by atoms with Gasteiger partial charge in [0.2, 0.25) is 5.88 Å². The molecule has 1 aromatic carbocycles. The third-order valence-electron chi connectivity index (χ3n) is 5.85. The molecule has 0 spiro atoms. The summed E-state index contributed by atoms with van der Waals surface area (Å²) in [7, 11) is 1.71. The van der Waals surface area contributed by atoms with Gasteiger partial charge in [-0.25, -0.2) is 15.0 Å². The molecule has 150 valence electrons. The van der Waals surface area contributed by atoms with Gasteiger partial charge in [-0.1, -0.05) is 0 Å². The van der Waals surface area contributed by atoms with Crippen LogP contribution < -0.4 is 20.1 Å². The Labute approximate surface area is 168 Å². The van der Waals surface area contributed by atoms with Gasteiger partial charge in [0.25, 0.3) is 5.56 Å². The van der Waals surface area contributed by atoms with Crippen molar-refractivity contribution >= 4 is 22.4 Å². The van der Waals surface area contributed by atoms with Crippen molar-refractivity contribution in [2.75, 3.05) is 36.0 Å². The Hall–Kier alpha value is -3.16. The van der Waals surface area contributed by atoms with Crippen LogP contribution in [-0.2, 0) is 7.05 Å². The number of ether oxygens (including phenoxy) is 1. The molecule has 2 fully saturated rings. The summed E-state index contributed by atoms with van der Waals surface area (Å²) in [5.41, 5.74) is 2.01. The summed E-state index contributed by atoms with van der Waals surface area (Å²) in [6.45, 7) is 3.34. The molecule has 2 aromatic heterocycles. The first kappa shape index (κ1) is 17.9. The van der Waals surface area contributed by atoms with Crippen molar-refractivity contribution in [3.05, 3.63) is 47.3 Å². The first-order valence-electron chi connectivity index (χ1n) is 10.1. The van der Waals surface area contributed by atoms with Crippen molar-refractivity contribution in [1.29, 1.82) is 0 Å². The van der Waals surface area contributed by atoms with Crippen LogP contribution in [0.15, 0.2) is 41.7 Å². The van der Waals surface area contributed by atoms with Crippen molar-refractivity contribution in [3.8, 4) is 5.88 Å². The summed E-state index contributed by atoms with van der Waals surface area (Å²) in [6, 6.07) is 7.88. The lowest BCUT2D eigenvalue weighted by molar-refractivity contribution is 0.116. The molecule has 0 radical (unpaired) electrons. The molecule has 0 bridgehead atoms. The molecular weight excluding hydrogens is 368 g/mol. The Kier molecular flexibility index (Phi) is 4.54. The molecule has 2 aliphatic rings. The van der Waals surface area contributed by atoms with Crippen molar-refractivity contribution in [1.82, 2.24) is 19.5 Å². The van der Waals surface area contributed by atoms with Gasteiger partial charge in [0.05, 0.1) is 17.2 Å². The number of fused-ring (bicyclic) bond motifs is 1. The van der Waals surface area contributed by atoms with E-state index in [-0.39, 0.29) is 11.7 Å². The van der Waals surface area contributed by atoms with Crippen LogP contribution in [0.5, 0.6) is 5.88 Å². The summed E-state index contributed by atoms with van der Waals surface area (Å²) in [4.78, 5) is 29.6. The predicted molar refractivity (Wildman–Crippen MR) is 112 cm³/mol. The van der Waals surface area contributed by atoms with Crippen molar-refractivity contribution in [2.45, 2.75) is 25.4 Å². The number of nitrogens with zero attached hydrogens (tertiary/aromatic N) is 6. The van der Waals surface area contributed by atoms with Crippen LogP contribution in [0, 0.1) is 0 Å². The molecule has 0 amide bonds. The van der Waals surface area contributed by atoms with Crippen LogP contribution in [0.4, 0.5) is 11.5 Å². The van der Waals surface area contributed by atoms with Gasteiger partial charge in [-0.05, 0) is 37.5 Å². The van der Waals surface area contributed by atoms with E-state index >= 15 is 0 Å². The highest BCUT2D eigenvalue weighted by Crippen LogP contribution is 2.31. The molecule has 5 rings (SSSR count). The van der Waals surface area contributed by atoms with E-state index in [0.717, 1.165) is 61.4 Å². The normalized spacial score (nSPS) is 17.4. The van der Waals surface area contributed by atoms with Crippen LogP contribution >= 0.6 is 0 Å². The fourth-order valence-electron chi connectivity index (χ4n) is 3.78. The van der Waals surface area contributed by atoms with Gasteiger partial charge in [-0.3, -0.25) is 4.79 Å². The van der Waals surface area contributed by atoms with E-state index in [1.807, 2.05) is 6.07 Å². The predicted octanol–water partition coefficient (Wildman–Crippen LogP) is 1.98. The standard InChI is InChI=1S/C21H24N6O2/c1-25-14-24-19(12-20(25)28)27-9-7-26(8-10-27)15-5-6-18-17(11-15)21(23-13-22-18)29-16-3-2-4-16/h5-6,11-14,16H,2-4,7-10H2,1H3. The summed E-state index contributed by atoms with van der Waals surface area (Å²) in [5.74, 6) is 1.43. The number of benzene rings is 1. The molecule has 8 nitrogen and oxygen atoms in total. The first-order chi connectivity index (χ1) is 14.2. The van der Waals surface area contributed by atoms with Gasteiger partial charge < -0.3 is 19.1 Å². The summed E-state index contributed by atoms with van der Waals surface area (Å²) >= 11 is 0. The Morgan fingerprint density at radius 2 is 1.79 bits per heavy atom. The average Bonchev–Trinajstić information content (AvgIpc) is 2.72. The fraction of sp³-hybridized carbons (Fsp3) is 0.429. The molecule has 8 heteroatoms. The minimum absolute atomic E-state index is 0.0362. The topological polar surface area (TPSA) is 76.4 Å². The van der Waals surface area contributed by atoms with Crippen LogP contribution in [0.3, 0.4) is 0 Å². The van der Waals surface area contributed by atoms with Crippen molar-refractivity contribution in [2.24, 2.45) is 7.05 Å². The molecule has 3 heterocycles. The zero-order valence-electron chi connectivity index (χ0n) is 16.5. The van der Waals surface area contributed by atoms with Crippen molar-refractivity contribution < 1.29 is 4.74 Å². The minimum Gasteiger partial charge on any atom is -0.474 e. The highest BCUT2D eigenvalue weighted by molar-refractivity contribution is 5.86. The Bertz CT molecular complexity index is 1090. The maximum Gasteiger partial charge on any atom is 0.255 e. The van der Waals surface area contributed by atoms with Crippen LogP contribution in [-0.4, -0.2) is 51.8 Å². The number of hydrogen-bond donors (Lipinski definition) is 0. The third kappa shape index (κ3) is 3.50. The SMILES string of the molecule is Cn1cnc(N2CCN(c3ccc4ncnc(OC5CCC5)c4c3)CC2)cc1=O. The average molecular weight is 392 g/mol. The second-order valence-corrected chi connectivity index (χ2v) is 7.72. The smallest absolute Gasteiger partial charge is 0.255 e. The lowest BCUT2D eigenvalue weighted by Gasteiger charge is -2.36. The van der Waals surface area contributed by atoms with Gasteiger partial charge in [0.15, 0.2) is 0 Å². The summed E-state index contributed by atoms with van der Waals surface area (Å²) < 4.78 is 7.57. The highest BCUT2D eigenvalue weighted by atomic mass is 16.5. The van der Waals surface area contributed by atoms with E-state index < -0.39 is 0 Å². The van der Waals surface area contributed by atoms with Crippen LogP contribution in [0.1, 0.15) is 19.3 Å². The van der Waals surface area contributed by atoms with E-state index in [9.17, 15) is 4.79 Å². The molecule has 0 N–H and O–H groups in total. The number of piperazine rings is 1. The van der Waals surface area contributed by atoms with Gasteiger partial charge in [-0.15, -0.1) is 0 Å². The Balaban J connectivity index is 1.34. The van der Waals surface area contributed by atoms with E-state index in [1.54, 1.807) is 25.8 Å². The molecule has 1 saturated carbocycles. The van der Waals surface area contributed by atoms with Gasteiger partial charge in [0.1, 0.15) is 18.2 Å². The van der Waals surface area contributed by atoms with E-state index in [0.29, 0.717) is 5.88 Å². The third-order valence-corrected chi connectivity index (χ3v) is 5.85. The van der Waals surface area contributed by atoms with Gasteiger partial charge >= 0.3 is 0 Å². The number of hydrogen-bond acceptors (Lipinski definition) is 7. The lowest BCUT2D eigenvalue weighted by Crippen LogP contribution is -2.47. The maximum absolute atomic E-state index is 11.9. The minimum atomic E-state index is -0.0362. The maximum atomic E-state index is 11.9. The fourth-order valence-corrected chi connectivity index (χ4v) is 3.78. The molecule has 0 atom stereocenters. The molecule has 0 unspecified atom stereocenters. The molecule has 29 heavy (non-hydrogen) atoms. The van der Waals surface area contributed by atoms with Crippen molar-refractivity contribution in [3.63, 3.8) is 0 Å². The molecule has 1 aliphatic heterocycles. The second kappa shape index (κ2) is 7.35. The Morgan fingerprint density at radius 3 is 2.52 bits per heavy atom. The quantitative estimate of drug-likeness (QED) is 0.672. The van der Waals surface area contributed by atoms with E-state index in [2.05, 4.69) is 36.9 Å². The Morgan fingerprint density at radius 1 is 1.00 bits per heavy atom. The highest BCUT2D eigenvalue weighted by Gasteiger charge is 2.22. The van der Waals surface area contributed by atoms with Gasteiger partial charge in [0, 0.05) is 45.0 Å². The largest absolute Gasteiger partial charge is 0.474 e. The van der Waals surface area contributed by atoms with E-state index in [4.69, 9.17) is 4.74 Å². The number of aryl methyl sites for hydroxylation is 1. The summed E-state index contributed by atoms with van der Waals surface area (Å²) in [5, 5.41) is 0.965. The van der Waals surface area contributed by atoms with Crippen LogP contribution in [0.25, 0.3) is 10.9 Å². The molecule has 1 aliphatic carbocycles. The zero-order valence-corrected chi connectivity index (χ0v) is 16.5. The molecule has 3 aromatic rings. The second-order valence-electron chi connectivity index (χ2n) is 7.72. The van der Waals surface area contributed by atoms with Crippen LogP contribution in [0.2, 0.25) is 0 Å². The van der Waals surface area contributed by atoms with E-state index in [1.165, 1.54) is 11.0 Å². The number of anilines is 2. The zero-order chi connectivity index (χ0) is 19.8. The lowest BCUT2D eigenvalue weighted by atomic mass is 9.96. The first-order valence-corrected chi connectivity index (χ1v) is 10.1. The number of rotatable bonds is 4. The molecule has 1 saturated heterocycles. The van der Waals surface area contributed by atoms with Gasteiger partial charge in [-0.2, -0.15) is 0 Å². The summed E-state index contributed by atoms with van der Waals surface area (Å²) in [6.07, 6.45) is 6.87.